The Morgan fingerprint density at radius 2 is 1.93 bits per heavy atom. The van der Waals surface area contributed by atoms with Crippen molar-refractivity contribution in [2.24, 2.45) is 17.3 Å². The van der Waals surface area contributed by atoms with Crippen LogP contribution in [0.5, 0.6) is 0 Å². The molecule has 0 aromatic rings. The molecule has 5 nitrogen and oxygen atoms in total. The first-order valence-electron chi connectivity index (χ1n) is 5.34. The lowest BCUT2D eigenvalue weighted by atomic mass is 9.77. The smallest absolute Gasteiger partial charge is 0.304 e. The first-order chi connectivity index (χ1) is 7.01. The van der Waals surface area contributed by atoms with Crippen LogP contribution in [0.1, 0.15) is 32.1 Å². The highest BCUT2D eigenvalue weighted by Crippen LogP contribution is 2.56. The van der Waals surface area contributed by atoms with Crippen LogP contribution in [0.3, 0.4) is 0 Å². The molecule has 0 spiro atoms. The first-order valence-corrected chi connectivity index (χ1v) is 5.34. The number of carbonyl (C=O) groups is 1. The summed E-state index contributed by atoms with van der Waals surface area (Å²) in [6.45, 7) is -0.174. The second-order valence-corrected chi connectivity index (χ2v) is 5.07. The third-order valence-corrected chi connectivity index (χ3v) is 3.96. The minimum atomic E-state index is -0.904. The Hall–Kier alpha value is -1.13. The standard InChI is InChI=1S/C10H15NO4/c12-9(13)5-10(6-11(14)15)3-7-1-2-8(7)4-10/h7-8H,1-6H2,(H,12,13)/t7-,8+,10+. The molecule has 3 atom stereocenters. The monoisotopic (exact) mass is 213 g/mol. The molecule has 2 rings (SSSR count). The van der Waals surface area contributed by atoms with Crippen molar-refractivity contribution in [2.75, 3.05) is 6.54 Å². The molecule has 0 aliphatic heterocycles. The van der Waals surface area contributed by atoms with E-state index in [2.05, 4.69) is 0 Å². The van der Waals surface area contributed by atoms with E-state index >= 15 is 0 Å². The van der Waals surface area contributed by atoms with Crippen molar-refractivity contribution in [3.05, 3.63) is 10.1 Å². The minimum Gasteiger partial charge on any atom is -0.481 e. The third-order valence-electron chi connectivity index (χ3n) is 3.96. The molecule has 15 heavy (non-hydrogen) atoms. The predicted octanol–water partition coefficient (Wildman–Crippen LogP) is 1.54. The predicted molar refractivity (Wildman–Crippen MR) is 52.0 cm³/mol. The van der Waals surface area contributed by atoms with E-state index in [1.165, 1.54) is 0 Å². The van der Waals surface area contributed by atoms with Crippen LogP contribution >= 0.6 is 0 Å². The Bertz CT molecular complexity index is 272. The average Bonchev–Trinajstić information content (AvgIpc) is 2.26. The molecule has 0 bridgehead atoms. The summed E-state index contributed by atoms with van der Waals surface area (Å²) in [5.74, 6) is 0.215. The molecule has 2 aliphatic carbocycles. The largest absolute Gasteiger partial charge is 0.481 e. The maximum absolute atomic E-state index is 10.8. The lowest BCUT2D eigenvalue weighted by Gasteiger charge is -2.29. The van der Waals surface area contributed by atoms with Crippen LogP contribution in [0.25, 0.3) is 0 Å². The fourth-order valence-electron chi connectivity index (χ4n) is 3.30. The van der Waals surface area contributed by atoms with Gasteiger partial charge in [0, 0.05) is 10.3 Å². The van der Waals surface area contributed by atoms with Crippen LogP contribution in [0.4, 0.5) is 0 Å². The van der Waals surface area contributed by atoms with Crippen LogP contribution in [0.2, 0.25) is 0 Å². The highest BCUT2D eigenvalue weighted by molar-refractivity contribution is 5.67. The highest BCUT2D eigenvalue weighted by Gasteiger charge is 2.52. The Morgan fingerprint density at radius 1 is 1.40 bits per heavy atom. The number of aliphatic carboxylic acids is 1. The Labute approximate surface area is 87.6 Å². The average molecular weight is 213 g/mol. The molecule has 0 radical (unpaired) electrons. The topological polar surface area (TPSA) is 80.4 Å². The van der Waals surface area contributed by atoms with Crippen molar-refractivity contribution in [1.82, 2.24) is 0 Å². The van der Waals surface area contributed by atoms with Gasteiger partial charge in [0.15, 0.2) is 0 Å². The fraction of sp³-hybridized carbons (Fsp3) is 0.900. The third kappa shape index (κ3) is 1.96. The molecular formula is C10H15NO4. The van der Waals surface area contributed by atoms with E-state index in [1.54, 1.807) is 0 Å². The number of carboxylic acids is 1. The molecule has 2 fully saturated rings. The van der Waals surface area contributed by atoms with Crippen LogP contribution in [0.15, 0.2) is 0 Å². The van der Waals surface area contributed by atoms with Crippen molar-refractivity contribution < 1.29 is 14.8 Å². The van der Waals surface area contributed by atoms with Gasteiger partial charge in [-0.2, -0.15) is 0 Å². The summed E-state index contributed by atoms with van der Waals surface area (Å²) in [7, 11) is 0. The van der Waals surface area contributed by atoms with Crippen molar-refractivity contribution in [3.8, 4) is 0 Å². The Kier molecular flexibility index (Phi) is 2.40. The van der Waals surface area contributed by atoms with Crippen LogP contribution in [0, 0.1) is 27.4 Å². The Balaban J connectivity index is 2.08. The SMILES string of the molecule is O=C(O)C[C@]1(C[N+](=O)[O-])C[C@H]2CC[C@H]2C1. The lowest BCUT2D eigenvalue weighted by Crippen LogP contribution is -2.30. The first kappa shape index (κ1) is 10.4. The molecule has 0 aromatic heterocycles. The molecule has 0 saturated heterocycles. The molecule has 5 heteroatoms. The molecule has 2 saturated carbocycles. The number of nitrogens with zero attached hydrogens (tertiary/aromatic N) is 1. The van der Waals surface area contributed by atoms with Crippen LogP contribution in [-0.4, -0.2) is 22.5 Å². The van der Waals surface area contributed by atoms with Crippen molar-refractivity contribution >= 4 is 5.97 Å². The summed E-state index contributed by atoms with van der Waals surface area (Å²) < 4.78 is 0. The van der Waals surface area contributed by atoms with E-state index in [9.17, 15) is 14.9 Å². The van der Waals surface area contributed by atoms with E-state index < -0.39 is 11.4 Å². The maximum atomic E-state index is 10.8. The number of nitro groups is 1. The maximum Gasteiger partial charge on any atom is 0.304 e. The molecule has 0 amide bonds. The van der Waals surface area contributed by atoms with Gasteiger partial charge in [-0.3, -0.25) is 14.9 Å². The van der Waals surface area contributed by atoms with Crippen molar-refractivity contribution in [1.29, 1.82) is 0 Å². The van der Waals surface area contributed by atoms with E-state index in [1.807, 2.05) is 0 Å². The summed E-state index contributed by atoms with van der Waals surface area (Å²) >= 11 is 0. The molecule has 0 heterocycles. The lowest BCUT2D eigenvalue weighted by molar-refractivity contribution is -0.497. The molecule has 0 unspecified atom stereocenters. The fourth-order valence-corrected chi connectivity index (χ4v) is 3.30. The Morgan fingerprint density at radius 3 is 2.27 bits per heavy atom. The number of rotatable bonds is 4. The number of carboxylic acid groups (broad SMARTS) is 1. The van der Waals surface area contributed by atoms with Gasteiger partial charge < -0.3 is 5.11 Å². The second kappa shape index (κ2) is 3.47. The molecular weight excluding hydrogens is 198 g/mol. The normalized spacial score (nSPS) is 38.1. The minimum absolute atomic E-state index is 0.0407. The van der Waals surface area contributed by atoms with Gasteiger partial charge in [0.05, 0.1) is 6.42 Å². The number of fused-ring (bicyclic) bond motifs is 1. The molecule has 2 aliphatic rings. The molecule has 1 N–H and O–H groups in total. The van der Waals surface area contributed by atoms with Gasteiger partial charge in [-0.15, -0.1) is 0 Å². The van der Waals surface area contributed by atoms with Gasteiger partial charge in [0.25, 0.3) is 0 Å². The zero-order valence-corrected chi connectivity index (χ0v) is 8.52. The van der Waals surface area contributed by atoms with Crippen molar-refractivity contribution in [2.45, 2.75) is 32.1 Å². The summed E-state index contributed by atoms with van der Waals surface area (Å²) in [6.07, 6.45) is 3.70. The van der Waals surface area contributed by atoms with E-state index in [4.69, 9.17) is 5.11 Å². The van der Waals surface area contributed by atoms with Gasteiger partial charge in [0.1, 0.15) is 0 Å². The summed E-state index contributed by atoms with van der Waals surface area (Å²) in [5.41, 5.74) is -0.554. The van der Waals surface area contributed by atoms with Gasteiger partial charge in [0.2, 0.25) is 6.54 Å². The second-order valence-electron chi connectivity index (χ2n) is 5.07. The highest BCUT2D eigenvalue weighted by atomic mass is 16.6. The summed E-state index contributed by atoms with van der Waals surface area (Å²) in [4.78, 5) is 21.0. The van der Waals surface area contributed by atoms with E-state index in [-0.39, 0.29) is 17.9 Å². The van der Waals surface area contributed by atoms with Crippen molar-refractivity contribution in [3.63, 3.8) is 0 Å². The zero-order chi connectivity index (χ0) is 11.1. The number of hydrogen-bond donors (Lipinski definition) is 1. The van der Waals surface area contributed by atoms with Crippen LogP contribution in [-0.2, 0) is 4.79 Å². The summed E-state index contributed by atoms with van der Waals surface area (Å²) in [5, 5.41) is 19.4. The quantitative estimate of drug-likeness (QED) is 0.567. The van der Waals surface area contributed by atoms with Gasteiger partial charge in [-0.1, -0.05) is 0 Å². The molecule has 84 valence electrons. The number of hydrogen-bond acceptors (Lipinski definition) is 3. The summed E-state index contributed by atoms with van der Waals surface area (Å²) in [6, 6.07) is 0. The van der Waals surface area contributed by atoms with Gasteiger partial charge in [-0.05, 0) is 37.5 Å². The zero-order valence-electron chi connectivity index (χ0n) is 8.52. The van der Waals surface area contributed by atoms with E-state index in [0.717, 1.165) is 25.7 Å². The van der Waals surface area contributed by atoms with Gasteiger partial charge in [-0.25, -0.2) is 0 Å². The van der Waals surface area contributed by atoms with Gasteiger partial charge >= 0.3 is 5.97 Å². The molecule has 0 aromatic carbocycles. The van der Waals surface area contributed by atoms with Crippen LogP contribution < -0.4 is 0 Å². The van der Waals surface area contributed by atoms with E-state index in [0.29, 0.717) is 11.8 Å².